The molecule has 1 aliphatic carbocycles. The summed E-state index contributed by atoms with van der Waals surface area (Å²) < 4.78 is 0. The monoisotopic (exact) mass is 194 g/mol. The van der Waals surface area contributed by atoms with Gasteiger partial charge in [0, 0.05) is 8.07 Å². The molecule has 0 unspecified atom stereocenters. The lowest BCUT2D eigenvalue weighted by Crippen LogP contribution is -2.24. The van der Waals surface area contributed by atoms with Crippen LogP contribution in [-0.4, -0.2) is 8.07 Å². The summed E-state index contributed by atoms with van der Waals surface area (Å²) in [5.41, 5.74) is 1.68. The van der Waals surface area contributed by atoms with Crippen molar-refractivity contribution >= 4 is 8.07 Å². The third-order valence-corrected chi connectivity index (χ3v) is 4.30. The number of hydrogen-bond acceptors (Lipinski definition) is 0. The highest BCUT2D eigenvalue weighted by Gasteiger charge is 2.22. The van der Waals surface area contributed by atoms with Crippen LogP contribution in [0.4, 0.5) is 0 Å². The Kier molecular flexibility index (Phi) is 3.17. The van der Waals surface area contributed by atoms with Crippen molar-refractivity contribution < 1.29 is 0 Å². The first-order valence-electron chi connectivity index (χ1n) is 5.27. The average Bonchev–Trinajstić information content (AvgIpc) is 1.96. The van der Waals surface area contributed by atoms with Gasteiger partial charge in [0.1, 0.15) is 0 Å². The molecule has 0 aromatic carbocycles. The van der Waals surface area contributed by atoms with Crippen molar-refractivity contribution in [2.75, 3.05) is 0 Å². The van der Waals surface area contributed by atoms with E-state index in [-0.39, 0.29) is 0 Å². The minimum Gasteiger partial charge on any atom is -0.0811 e. The molecule has 0 heterocycles. The predicted octanol–water partition coefficient (Wildman–Crippen LogP) is 4.09. The van der Waals surface area contributed by atoms with Crippen molar-refractivity contribution in [2.24, 2.45) is 11.8 Å². The van der Waals surface area contributed by atoms with Crippen molar-refractivity contribution in [2.45, 2.75) is 39.5 Å². The van der Waals surface area contributed by atoms with E-state index in [1.165, 1.54) is 6.04 Å². The summed E-state index contributed by atoms with van der Waals surface area (Å²) >= 11 is 0. The standard InChI is InChI=1S/C12H22Si/c1-10-7-6-8-12(11(10)2)9-13(3,4)5/h6-8,10-11H,9H2,1-5H3/t10-,11-/m0/s1. The highest BCUT2D eigenvalue weighted by molar-refractivity contribution is 6.76. The van der Waals surface area contributed by atoms with Crippen molar-refractivity contribution in [3.05, 3.63) is 23.8 Å². The molecule has 74 valence electrons. The van der Waals surface area contributed by atoms with Crippen LogP contribution in [0.15, 0.2) is 23.8 Å². The molecule has 1 rings (SSSR count). The van der Waals surface area contributed by atoms with Crippen LogP contribution in [0.3, 0.4) is 0 Å². The lowest BCUT2D eigenvalue weighted by atomic mass is 9.86. The SMILES string of the molecule is C[C@@H]1C(C[Si](C)(C)C)=CC=C[C@@H]1C. The lowest BCUT2D eigenvalue weighted by molar-refractivity contribution is 0.521. The summed E-state index contributed by atoms with van der Waals surface area (Å²) in [6.45, 7) is 12.0. The van der Waals surface area contributed by atoms with Gasteiger partial charge in [-0.1, -0.05) is 57.3 Å². The molecule has 13 heavy (non-hydrogen) atoms. The van der Waals surface area contributed by atoms with Crippen LogP contribution in [0.1, 0.15) is 13.8 Å². The molecule has 0 aromatic heterocycles. The van der Waals surface area contributed by atoms with Gasteiger partial charge in [0.05, 0.1) is 0 Å². The van der Waals surface area contributed by atoms with Gasteiger partial charge in [-0.3, -0.25) is 0 Å². The first-order chi connectivity index (χ1) is 5.90. The maximum absolute atomic E-state index is 2.45. The molecule has 0 spiro atoms. The molecule has 1 heteroatoms. The molecular weight excluding hydrogens is 172 g/mol. The molecule has 2 atom stereocenters. The maximum Gasteiger partial charge on any atom is 0.0483 e. The summed E-state index contributed by atoms with van der Waals surface area (Å²) in [5.74, 6) is 1.49. The van der Waals surface area contributed by atoms with Crippen molar-refractivity contribution in [1.29, 1.82) is 0 Å². The van der Waals surface area contributed by atoms with E-state index in [1.54, 1.807) is 5.57 Å². The minimum absolute atomic E-state index is 0.733. The predicted molar refractivity (Wildman–Crippen MR) is 63.7 cm³/mol. The molecule has 1 aliphatic rings. The van der Waals surface area contributed by atoms with Gasteiger partial charge >= 0.3 is 0 Å². The zero-order valence-corrected chi connectivity index (χ0v) is 10.6. The summed E-state index contributed by atoms with van der Waals surface area (Å²) in [7, 11) is -0.918. The third-order valence-electron chi connectivity index (χ3n) is 2.83. The number of hydrogen-bond donors (Lipinski definition) is 0. The van der Waals surface area contributed by atoms with Crippen LogP contribution < -0.4 is 0 Å². The van der Waals surface area contributed by atoms with E-state index in [0.29, 0.717) is 0 Å². The Hall–Kier alpha value is -0.303. The van der Waals surface area contributed by atoms with Crippen LogP contribution in [-0.2, 0) is 0 Å². The molecule has 0 nitrogen and oxygen atoms in total. The fraction of sp³-hybridized carbons (Fsp3) is 0.667. The Morgan fingerprint density at radius 1 is 1.23 bits per heavy atom. The van der Waals surface area contributed by atoms with Gasteiger partial charge in [0.25, 0.3) is 0 Å². The van der Waals surface area contributed by atoms with Crippen LogP contribution in [0.2, 0.25) is 25.7 Å². The van der Waals surface area contributed by atoms with Gasteiger partial charge in [-0.2, -0.15) is 0 Å². The molecule has 0 N–H and O–H groups in total. The van der Waals surface area contributed by atoms with Gasteiger partial charge in [0.15, 0.2) is 0 Å². The molecular formula is C12H22Si. The summed E-state index contributed by atoms with van der Waals surface area (Å²) in [4.78, 5) is 0. The van der Waals surface area contributed by atoms with E-state index < -0.39 is 8.07 Å². The van der Waals surface area contributed by atoms with E-state index in [9.17, 15) is 0 Å². The first-order valence-corrected chi connectivity index (χ1v) is 8.98. The van der Waals surface area contributed by atoms with Gasteiger partial charge in [-0.15, -0.1) is 0 Å². The van der Waals surface area contributed by atoms with Gasteiger partial charge in [0.2, 0.25) is 0 Å². The average molecular weight is 194 g/mol. The zero-order chi connectivity index (χ0) is 10.1. The summed E-state index contributed by atoms with van der Waals surface area (Å²) in [6.07, 6.45) is 6.89. The second-order valence-electron chi connectivity index (χ2n) is 5.51. The van der Waals surface area contributed by atoms with E-state index in [1.807, 2.05) is 0 Å². The lowest BCUT2D eigenvalue weighted by Gasteiger charge is -2.27. The normalized spacial score (nSPS) is 28.8. The number of rotatable bonds is 2. The molecule has 0 aliphatic heterocycles. The Morgan fingerprint density at radius 2 is 1.85 bits per heavy atom. The topological polar surface area (TPSA) is 0 Å². The third kappa shape index (κ3) is 3.15. The maximum atomic E-state index is 2.45. The highest BCUT2D eigenvalue weighted by atomic mass is 28.3. The molecule has 0 saturated carbocycles. The van der Waals surface area contributed by atoms with E-state index in [4.69, 9.17) is 0 Å². The molecule has 0 aromatic rings. The van der Waals surface area contributed by atoms with Crippen LogP contribution in [0.25, 0.3) is 0 Å². The molecule has 0 radical (unpaired) electrons. The highest BCUT2D eigenvalue weighted by Crippen LogP contribution is 2.31. The van der Waals surface area contributed by atoms with Gasteiger partial charge in [-0.25, -0.2) is 0 Å². The molecule has 0 saturated heterocycles. The van der Waals surface area contributed by atoms with Gasteiger partial charge < -0.3 is 0 Å². The Bertz CT molecular complexity index is 230. The molecule has 0 bridgehead atoms. The smallest absolute Gasteiger partial charge is 0.0483 e. The fourth-order valence-electron chi connectivity index (χ4n) is 1.84. The summed E-state index contributed by atoms with van der Waals surface area (Å²) in [6, 6.07) is 1.36. The van der Waals surface area contributed by atoms with E-state index in [0.717, 1.165) is 11.8 Å². The van der Waals surface area contributed by atoms with E-state index >= 15 is 0 Å². The van der Waals surface area contributed by atoms with E-state index in [2.05, 4.69) is 51.7 Å². The van der Waals surface area contributed by atoms with Crippen molar-refractivity contribution in [1.82, 2.24) is 0 Å². The summed E-state index contributed by atoms with van der Waals surface area (Å²) in [5, 5.41) is 0. The largest absolute Gasteiger partial charge is 0.0811 e. The fourth-order valence-corrected chi connectivity index (χ4v) is 3.51. The second kappa shape index (κ2) is 3.83. The molecule has 0 fully saturated rings. The van der Waals surface area contributed by atoms with Crippen LogP contribution >= 0.6 is 0 Å². The number of allylic oxidation sites excluding steroid dienone is 4. The van der Waals surface area contributed by atoms with Crippen LogP contribution in [0.5, 0.6) is 0 Å². The van der Waals surface area contributed by atoms with Crippen molar-refractivity contribution in [3.8, 4) is 0 Å². The first kappa shape index (κ1) is 10.8. The van der Waals surface area contributed by atoms with Crippen molar-refractivity contribution in [3.63, 3.8) is 0 Å². The quantitative estimate of drug-likeness (QED) is 0.581. The Balaban J connectivity index is 2.69. The van der Waals surface area contributed by atoms with Gasteiger partial charge in [-0.05, 0) is 17.9 Å². The minimum atomic E-state index is -0.918. The van der Waals surface area contributed by atoms with Crippen LogP contribution in [0, 0.1) is 11.8 Å². The second-order valence-corrected chi connectivity index (χ2v) is 11.0. The molecule has 0 amide bonds. The zero-order valence-electron chi connectivity index (χ0n) is 9.59. The Labute approximate surface area is 83.7 Å². The Morgan fingerprint density at radius 3 is 2.38 bits per heavy atom.